The summed E-state index contributed by atoms with van der Waals surface area (Å²) in [6.07, 6.45) is 0.987. The third-order valence-corrected chi connectivity index (χ3v) is 4.17. The van der Waals surface area contributed by atoms with Crippen LogP contribution in [0.4, 0.5) is 0 Å². The van der Waals surface area contributed by atoms with Crippen molar-refractivity contribution in [2.24, 2.45) is 0 Å². The number of hydrogen-bond donors (Lipinski definition) is 1. The predicted molar refractivity (Wildman–Crippen MR) is 104 cm³/mol. The van der Waals surface area contributed by atoms with E-state index in [9.17, 15) is 0 Å². The Kier molecular flexibility index (Phi) is 6.89. The Bertz CT molecular complexity index is 657. The van der Waals surface area contributed by atoms with Gasteiger partial charge in [0.15, 0.2) is 11.5 Å². The molecule has 2 rings (SSSR count). The number of benzene rings is 2. The Morgan fingerprint density at radius 3 is 2.12 bits per heavy atom. The summed E-state index contributed by atoms with van der Waals surface area (Å²) in [5.41, 5.74) is 4.04. The lowest BCUT2D eigenvalue weighted by molar-refractivity contribution is 0.294. The zero-order valence-electron chi connectivity index (χ0n) is 16.2. The van der Waals surface area contributed by atoms with Gasteiger partial charge >= 0.3 is 0 Å². The van der Waals surface area contributed by atoms with E-state index in [-0.39, 0.29) is 5.41 Å². The Morgan fingerprint density at radius 2 is 1.52 bits per heavy atom. The van der Waals surface area contributed by atoms with E-state index in [1.165, 1.54) is 16.7 Å². The molecule has 0 aliphatic carbocycles. The van der Waals surface area contributed by atoms with Gasteiger partial charge in [0, 0.05) is 13.1 Å². The Balaban J connectivity index is 1.91. The van der Waals surface area contributed by atoms with Crippen molar-refractivity contribution in [3.05, 3.63) is 59.2 Å². The molecular formula is C22H31NO2. The van der Waals surface area contributed by atoms with E-state index < -0.39 is 0 Å². The van der Waals surface area contributed by atoms with Crippen molar-refractivity contribution in [2.45, 2.75) is 52.6 Å². The minimum Gasteiger partial charge on any atom is -0.493 e. The zero-order valence-corrected chi connectivity index (χ0v) is 16.2. The largest absolute Gasteiger partial charge is 0.493 e. The second-order valence-corrected chi connectivity index (χ2v) is 7.38. The van der Waals surface area contributed by atoms with E-state index in [0.29, 0.717) is 6.61 Å². The maximum atomic E-state index is 5.70. The Labute approximate surface area is 152 Å². The fourth-order valence-electron chi connectivity index (χ4n) is 2.63. The second kappa shape index (κ2) is 8.91. The normalized spacial score (nSPS) is 11.4. The first kappa shape index (κ1) is 19.3. The molecule has 136 valence electrons. The van der Waals surface area contributed by atoms with Gasteiger partial charge in [0.1, 0.15) is 0 Å². The van der Waals surface area contributed by atoms with Crippen molar-refractivity contribution < 1.29 is 9.47 Å². The van der Waals surface area contributed by atoms with E-state index >= 15 is 0 Å². The standard InChI is InChI=1S/C22H31NO2/c1-6-13-25-20-12-9-18(14-21(20)24-5)16-23-15-17-7-10-19(11-8-17)22(2,3)4/h7-12,14,23H,6,13,15-16H2,1-5H3. The predicted octanol–water partition coefficient (Wildman–Crippen LogP) is 5.07. The average molecular weight is 341 g/mol. The minimum atomic E-state index is 0.199. The molecule has 0 aliphatic rings. The van der Waals surface area contributed by atoms with Crippen LogP contribution >= 0.6 is 0 Å². The van der Waals surface area contributed by atoms with Gasteiger partial charge in [-0.25, -0.2) is 0 Å². The molecule has 3 heteroatoms. The summed E-state index contributed by atoms with van der Waals surface area (Å²) in [6, 6.07) is 15.0. The molecule has 3 nitrogen and oxygen atoms in total. The van der Waals surface area contributed by atoms with Crippen LogP contribution in [0, 0.1) is 0 Å². The molecule has 0 aliphatic heterocycles. The minimum absolute atomic E-state index is 0.199. The molecule has 0 heterocycles. The van der Waals surface area contributed by atoms with Crippen molar-refractivity contribution >= 4 is 0 Å². The van der Waals surface area contributed by atoms with Gasteiger partial charge in [-0.3, -0.25) is 0 Å². The highest BCUT2D eigenvalue weighted by atomic mass is 16.5. The molecule has 2 aromatic carbocycles. The van der Waals surface area contributed by atoms with Crippen molar-refractivity contribution in [3.63, 3.8) is 0 Å². The first-order valence-corrected chi connectivity index (χ1v) is 9.04. The molecule has 0 bridgehead atoms. The van der Waals surface area contributed by atoms with E-state index in [2.05, 4.69) is 63.3 Å². The van der Waals surface area contributed by atoms with Gasteiger partial charge in [-0.1, -0.05) is 58.0 Å². The second-order valence-electron chi connectivity index (χ2n) is 7.38. The summed E-state index contributed by atoms with van der Waals surface area (Å²) in [5, 5.41) is 3.49. The summed E-state index contributed by atoms with van der Waals surface area (Å²) in [6.45, 7) is 11.2. The number of methoxy groups -OCH3 is 1. The number of rotatable bonds is 8. The molecule has 0 atom stereocenters. The molecule has 0 spiro atoms. The van der Waals surface area contributed by atoms with Gasteiger partial charge in [0.2, 0.25) is 0 Å². The van der Waals surface area contributed by atoms with Crippen molar-refractivity contribution in [1.82, 2.24) is 5.32 Å². The molecule has 0 fully saturated rings. The fraction of sp³-hybridized carbons (Fsp3) is 0.455. The lowest BCUT2D eigenvalue weighted by atomic mass is 9.87. The molecule has 0 saturated carbocycles. The van der Waals surface area contributed by atoms with Crippen molar-refractivity contribution in [2.75, 3.05) is 13.7 Å². The summed E-state index contributed by atoms with van der Waals surface area (Å²) in [5.74, 6) is 1.60. The summed E-state index contributed by atoms with van der Waals surface area (Å²) in [4.78, 5) is 0. The van der Waals surface area contributed by atoms with E-state index in [4.69, 9.17) is 9.47 Å². The van der Waals surface area contributed by atoms with Crippen LogP contribution in [-0.2, 0) is 18.5 Å². The molecule has 1 N–H and O–H groups in total. The van der Waals surface area contributed by atoms with E-state index in [0.717, 1.165) is 31.0 Å². The summed E-state index contributed by atoms with van der Waals surface area (Å²) >= 11 is 0. The first-order chi connectivity index (χ1) is 11.9. The highest BCUT2D eigenvalue weighted by molar-refractivity contribution is 5.43. The Morgan fingerprint density at radius 1 is 0.880 bits per heavy atom. The molecule has 25 heavy (non-hydrogen) atoms. The van der Waals surface area contributed by atoms with Gasteiger partial charge in [0.25, 0.3) is 0 Å². The molecule has 0 unspecified atom stereocenters. The third-order valence-electron chi connectivity index (χ3n) is 4.17. The molecule has 2 aromatic rings. The fourth-order valence-corrected chi connectivity index (χ4v) is 2.63. The van der Waals surface area contributed by atoms with Crippen LogP contribution in [0.1, 0.15) is 50.8 Å². The molecule has 0 saturated heterocycles. The maximum absolute atomic E-state index is 5.70. The van der Waals surface area contributed by atoms with E-state index in [1.807, 2.05) is 12.1 Å². The SMILES string of the molecule is CCCOc1ccc(CNCc2ccc(C(C)(C)C)cc2)cc1OC. The summed E-state index contributed by atoms with van der Waals surface area (Å²) in [7, 11) is 1.68. The van der Waals surface area contributed by atoms with Gasteiger partial charge in [-0.15, -0.1) is 0 Å². The molecule has 0 radical (unpaired) electrons. The van der Waals surface area contributed by atoms with Crippen molar-refractivity contribution in [1.29, 1.82) is 0 Å². The van der Waals surface area contributed by atoms with Crippen LogP contribution < -0.4 is 14.8 Å². The van der Waals surface area contributed by atoms with E-state index in [1.54, 1.807) is 7.11 Å². The van der Waals surface area contributed by atoms with Gasteiger partial charge < -0.3 is 14.8 Å². The smallest absolute Gasteiger partial charge is 0.161 e. The average Bonchev–Trinajstić information content (AvgIpc) is 2.60. The van der Waals surface area contributed by atoms with Crippen LogP contribution in [-0.4, -0.2) is 13.7 Å². The highest BCUT2D eigenvalue weighted by Crippen LogP contribution is 2.28. The lowest BCUT2D eigenvalue weighted by Crippen LogP contribution is -2.14. The van der Waals surface area contributed by atoms with Crippen LogP contribution in [0.5, 0.6) is 11.5 Å². The Hall–Kier alpha value is -2.00. The van der Waals surface area contributed by atoms with Gasteiger partial charge in [-0.2, -0.15) is 0 Å². The number of ether oxygens (including phenoxy) is 2. The number of hydrogen-bond acceptors (Lipinski definition) is 3. The lowest BCUT2D eigenvalue weighted by Gasteiger charge is -2.19. The zero-order chi connectivity index (χ0) is 18.3. The number of nitrogens with one attached hydrogen (secondary N) is 1. The van der Waals surface area contributed by atoms with Crippen LogP contribution in [0.25, 0.3) is 0 Å². The highest BCUT2D eigenvalue weighted by Gasteiger charge is 2.12. The first-order valence-electron chi connectivity index (χ1n) is 9.04. The van der Waals surface area contributed by atoms with Crippen LogP contribution in [0.15, 0.2) is 42.5 Å². The molecule has 0 aromatic heterocycles. The topological polar surface area (TPSA) is 30.5 Å². The van der Waals surface area contributed by atoms with Gasteiger partial charge in [-0.05, 0) is 40.7 Å². The third kappa shape index (κ3) is 5.79. The van der Waals surface area contributed by atoms with Crippen LogP contribution in [0.2, 0.25) is 0 Å². The summed E-state index contributed by atoms with van der Waals surface area (Å²) < 4.78 is 11.1. The maximum Gasteiger partial charge on any atom is 0.161 e. The molecule has 0 amide bonds. The van der Waals surface area contributed by atoms with Gasteiger partial charge in [0.05, 0.1) is 13.7 Å². The monoisotopic (exact) mass is 341 g/mol. The van der Waals surface area contributed by atoms with Crippen molar-refractivity contribution in [3.8, 4) is 11.5 Å². The quantitative estimate of drug-likeness (QED) is 0.727. The molecular weight excluding hydrogens is 310 g/mol. The van der Waals surface area contributed by atoms with Crippen LogP contribution in [0.3, 0.4) is 0 Å².